The van der Waals surface area contributed by atoms with Gasteiger partial charge < -0.3 is 4.90 Å². The number of thiophene rings is 1. The Labute approximate surface area is 325 Å². The number of rotatable bonds is 5. The molecule has 0 spiro atoms. The van der Waals surface area contributed by atoms with Gasteiger partial charge in [-0.2, -0.15) is 0 Å². The second-order valence-electron chi connectivity index (χ2n) is 15.3. The van der Waals surface area contributed by atoms with Crippen LogP contribution in [0.15, 0.2) is 188 Å². The van der Waals surface area contributed by atoms with Crippen LogP contribution in [0.3, 0.4) is 0 Å². The van der Waals surface area contributed by atoms with Gasteiger partial charge in [0.2, 0.25) is 0 Å². The molecule has 1 heterocycles. The van der Waals surface area contributed by atoms with Crippen LogP contribution in [0.25, 0.3) is 75.1 Å². The largest absolute Gasteiger partial charge is 0.310 e. The van der Waals surface area contributed by atoms with E-state index in [9.17, 15) is 0 Å². The second-order valence-corrected chi connectivity index (χ2v) is 16.4. The zero-order valence-electron chi connectivity index (χ0n) is 30.8. The van der Waals surface area contributed by atoms with Crippen molar-refractivity contribution in [3.05, 3.63) is 199 Å². The minimum Gasteiger partial charge on any atom is -0.310 e. The Kier molecular flexibility index (Phi) is 7.14. The third-order valence-electron chi connectivity index (χ3n) is 11.9. The molecule has 11 rings (SSSR count). The molecule has 0 radical (unpaired) electrons. The Morgan fingerprint density at radius 2 is 0.982 bits per heavy atom. The molecule has 0 N–H and O–H groups in total. The van der Waals surface area contributed by atoms with Crippen LogP contribution < -0.4 is 4.90 Å². The number of benzene rings is 9. The molecule has 0 bridgehead atoms. The molecule has 0 saturated heterocycles. The van der Waals surface area contributed by atoms with Crippen molar-refractivity contribution in [2.24, 2.45) is 0 Å². The number of nitrogens with zero attached hydrogens (tertiary/aromatic N) is 1. The van der Waals surface area contributed by atoms with Gasteiger partial charge in [0.05, 0.1) is 0 Å². The van der Waals surface area contributed by atoms with Crippen molar-refractivity contribution >= 4 is 70.1 Å². The van der Waals surface area contributed by atoms with E-state index in [2.05, 4.69) is 207 Å². The first-order valence-electron chi connectivity index (χ1n) is 19.1. The smallest absolute Gasteiger partial charge is 0.0465 e. The molecule has 0 aliphatic heterocycles. The highest BCUT2D eigenvalue weighted by Crippen LogP contribution is 2.51. The lowest BCUT2D eigenvalue weighted by Gasteiger charge is -2.28. The average molecular weight is 720 g/mol. The highest BCUT2D eigenvalue weighted by molar-refractivity contribution is 7.25. The summed E-state index contributed by atoms with van der Waals surface area (Å²) < 4.78 is 2.66. The van der Waals surface area contributed by atoms with Gasteiger partial charge in [-0.05, 0) is 121 Å². The van der Waals surface area contributed by atoms with Crippen molar-refractivity contribution in [1.82, 2.24) is 0 Å². The minimum absolute atomic E-state index is 0.0943. The SMILES string of the molecule is CC1(C)c2ccccc2-c2ccc(N(c3ccc(-c4ccc5sc6ccccc6c5c4)cc3)c3ccc(-c4cccc5ccc6ccccc6c45)cc3)cc21. The Balaban J connectivity index is 1.03. The van der Waals surface area contributed by atoms with Gasteiger partial charge in [-0.15, -0.1) is 11.3 Å². The lowest BCUT2D eigenvalue weighted by Crippen LogP contribution is -2.16. The van der Waals surface area contributed by atoms with Crippen LogP contribution in [0, 0.1) is 0 Å². The van der Waals surface area contributed by atoms with E-state index in [4.69, 9.17) is 0 Å². The fourth-order valence-corrected chi connectivity index (χ4v) is 10.2. The van der Waals surface area contributed by atoms with E-state index in [0.29, 0.717) is 0 Å². The lowest BCUT2D eigenvalue weighted by molar-refractivity contribution is 0.660. The van der Waals surface area contributed by atoms with Gasteiger partial charge in [-0.1, -0.05) is 147 Å². The summed E-state index contributed by atoms with van der Waals surface area (Å²) in [5, 5.41) is 7.76. The van der Waals surface area contributed by atoms with E-state index >= 15 is 0 Å². The maximum absolute atomic E-state index is 2.42. The van der Waals surface area contributed by atoms with E-state index in [-0.39, 0.29) is 5.41 Å². The van der Waals surface area contributed by atoms with Crippen LogP contribution in [0.1, 0.15) is 25.0 Å². The number of hydrogen-bond donors (Lipinski definition) is 0. The van der Waals surface area contributed by atoms with Crippen molar-refractivity contribution in [3.8, 4) is 33.4 Å². The molecular weight excluding hydrogens is 683 g/mol. The third kappa shape index (κ3) is 5.06. The third-order valence-corrected chi connectivity index (χ3v) is 13.0. The maximum Gasteiger partial charge on any atom is 0.0465 e. The standard InChI is InChI=1S/C53H37NS/c1-53(2)48-16-7-5-13-44(48)45-30-29-41(33-49(45)53)54(39-25-20-34(21-26-39)38-24-31-51-47(32-38)46-14-6-8-17-50(46)55-51)40-27-22-36(23-28-40)43-15-9-11-37-19-18-35-10-3-4-12-42(35)52(37)43/h3-33H,1-2H3. The molecule has 0 amide bonds. The summed E-state index contributed by atoms with van der Waals surface area (Å²) in [4.78, 5) is 2.42. The van der Waals surface area contributed by atoms with Crippen molar-refractivity contribution in [3.63, 3.8) is 0 Å². The van der Waals surface area contributed by atoms with Crippen LogP contribution in [0.5, 0.6) is 0 Å². The molecule has 55 heavy (non-hydrogen) atoms. The Morgan fingerprint density at radius 3 is 1.82 bits per heavy atom. The summed E-state index contributed by atoms with van der Waals surface area (Å²) in [6, 6.07) is 69.7. The first-order chi connectivity index (χ1) is 27.0. The number of hydrogen-bond acceptors (Lipinski definition) is 2. The summed E-state index contributed by atoms with van der Waals surface area (Å²) in [6.07, 6.45) is 0. The molecule has 1 aliphatic rings. The van der Waals surface area contributed by atoms with Crippen molar-refractivity contribution in [1.29, 1.82) is 0 Å². The molecular formula is C53H37NS. The molecule has 10 aromatic rings. The van der Waals surface area contributed by atoms with E-state index in [1.54, 1.807) is 0 Å². The number of anilines is 3. The summed E-state index contributed by atoms with van der Waals surface area (Å²) >= 11 is 1.86. The first-order valence-corrected chi connectivity index (χ1v) is 19.9. The summed E-state index contributed by atoms with van der Waals surface area (Å²) in [5.41, 5.74) is 13.6. The van der Waals surface area contributed by atoms with E-state index in [1.807, 2.05) is 11.3 Å². The Hall–Kier alpha value is -6.48. The van der Waals surface area contributed by atoms with Gasteiger partial charge in [-0.3, -0.25) is 0 Å². The predicted molar refractivity (Wildman–Crippen MR) is 237 cm³/mol. The van der Waals surface area contributed by atoms with Crippen LogP contribution in [-0.2, 0) is 5.41 Å². The number of fused-ring (bicyclic) bond motifs is 9. The van der Waals surface area contributed by atoms with Crippen molar-refractivity contribution in [2.45, 2.75) is 19.3 Å². The second kappa shape index (κ2) is 12.3. The van der Waals surface area contributed by atoms with Gasteiger partial charge in [0, 0.05) is 42.6 Å². The van der Waals surface area contributed by atoms with Crippen LogP contribution in [-0.4, -0.2) is 0 Å². The molecule has 1 aromatic heterocycles. The highest BCUT2D eigenvalue weighted by atomic mass is 32.1. The normalized spacial score (nSPS) is 13.1. The van der Waals surface area contributed by atoms with E-state index < -0.39 is 0 Å². The monoisotopic (exact) mass is 719 g/mol. The molecule has 0 atom stereocenters. The summed E-state index contributed by atoms with van der Waals surface area (Å²) in [6.45, 7) is 4.72. The van der Waals surface area contributed by atoms with Crippen LogP contribution in [0.2, 0.25) is 0 Å². The quantitative estimate of drug-likeness (QED) is 0.160. The highest BCUT2D eigenvalue weighted by Gasteiger charge is 2.35. The summed E-state index contributed by atoms with van der Waals surface area (Å²) in [5.74, 6) is 0. The molecule has 0 saturated carbocycles. The van der Waals surface area contributed by atoms with Gasteiger partial charge in [0.15, 0.2) is 0 Å². The molecule has 0 fully saturated rings. The molecule has 0 unspecified atom stereocenters. The van der Waals surface area contributed by atoms with Crippen molar-refractivity contribution in [2.75, 3.05) is 4.90 Å². The van der Waals surface area contributed by atoms with Gasteiger partial charge in [0.25, 0.3) is 0 Å². The fourth-order valence-electron chi connectivity index (χ4n) is 9.08. The fraction of sp³-hybridized carbons (Fsp3) is 0.0566. The lowest BCUT2D eigenvalue weighted by atomic mass is 9.82. The maximum atomic E-state index is 2.42. The van der Waals surface area contributed by atoms with Gasteiger partial charge in [0.1, 0.15) is 0 Å². The van der Waals surface area contributed by atoms with Crippen LogP contribution >= 0.6 is 11.3 Å². The molecule has 2 heteroatoms. The Bertz CT molecular complexity index is 3110. The average Bonchev–Trinajstić information content (AvgIpc) is 3.72. The molecule has 1 nitrogen and oxygen atoms in total. The first kappa shape index (κ1) is 32.0. The van der Waals surface area contributed by atoms with E-state index in [1.165, 1.54) is 86.2 Å². The van der Waals surface area contributed by atoms with Gasteiger partial charge in [-0.25, -0.2) is 0 Å². The molecule has 260 valence electrons. The Morgan fingerprint density at radius 1 is 0.382 bits per heavy atom. The zero-order valence-corrected chi connectivity index (χ0v) is 31.6. The predicted octanol–water partition coefficient (Wildman–Crippen LogP) is 15.5. The van der Waals surface area contributed by atoms with Crippen molar-refractivity contribution < 1.29 is 0 Å². The van der Waals surface area contributed by atoms with Gasteiger partial charge >= 0.3 is 0 Å². The summed E-state index contributed by atoms with van der Waals surface area (Å²) in [7, 11) is 0. The molecule has 1 aliphatic carbocycles. The zero-order chi connectivity index (χ0) is 36.7. The minimum atomic E-state index is -0.0943. The van der Waals surface area contributed by atoms with E-state index in [0.717, 1.165) is 17.1 Å². The molecule has 9 aromatic carbocycles. The topological polar surface area (TPSA) is 3.24 Å². The van der Waals surface area contributed by atoms with Crippen LogP contribution in [0.4, 0.5) is 17.1 Å².